The molecule has 0 bridgehead atoms. The third kappa shape index (κ3) is 9.12. The summed E-state index contributed by atoms with van der Waals surface area (Å²) in [5.74, 6) is -0.766. The number of halogens is 3. The summed E-state index contributed by atoms with van der Waals surface area (Å²) in [4.78, 5) is 25.1. The summed E-state index contributed by atoms with van der Waals surface area (Å²) in [6.07, 6.45) is -3.17. The number of esters is 1. The number of hydrogen-bond donors (Lipinski definition) is 3. The fraction of sp³-hybridized carbons (Fsp3) is 0.520. The topological polar surface area (TPSA) is 156 Å². The molecule has 3 rings (SSSR count). The maximum absolute atomic E-state index is 14.2. The third-order valence-electron chi connectivity index (χ3n) is 5.75. The van der Waals surface area contributed by atoms with E-state index in [2.05, 4.69) is 29.9 Å². The molecular formula is C25H35F3N7O5P. The van der Waals surface area contributed by atoms with E-state index in [1.165, 1.54) is 32.3 Å². The third-order valence-corrected chi connectivity index (χ3v) is 7.99. The van der Waals surface area contributed by atoms with Crippen LogP contribution in [0.5, 0.6) is 5.75 Å². The fourth-order valence-electron chi connectivity index (χ4n) is 3.90. The average Bonchev–Trinajstić information content (AvgIpc) is 3.25. The number of rotatable bonds is 13. The van der Waals surface area contributed by atoms with Gasteiger partial charge in [-0.3, -0.25) is 9.36 Å². The van der Waals surface area contributed by atoms with Crippen LogP contribution >= 0.6 is 7.44 Å². The van der Waals surface area contributed by atoms with E-state index in [-0.39, 0.29) is 17.9 Å². The monoisotopic (exact) mass is 601 g/mol. The first-order valence-corrected chi connectivity index (χ1v) is 14.6. The average molecular weight is 602 g/mol. The van der Waals surface area contributed by atoms with E-state index < -0.39 is 43.6 Å². The Hall–Kier alpha value is -3.26. The van der Waals surface area contributed by atoms with Gasteiger partial charge in [-0.05, 0) is 59.2 Å². The predicted octanol–water partition coefficient (Wildman–Crippen LogP) is 4.53. The molecule has 16 heteroatoms. The Morgan fingerprint density at radius 3 is 2.37 bits per heavy atom. The van der Waals surface area contributed by atoms with Crippen LogP contribution in [0.3, 0.4) is 0 Å². The van der Waals surface area contributed by atoms with Gasteiger partial charge in [-0.25, -0.2) is 25.1 Å². The van der Waals surface area contributed by atoms with Crippen LogP contribution in [0.1, 0.15) is 53.1 Å². The summed E-state index contributed by atoms with van der Waals surface area (Å²) >= 11 is 0. The molecule has 0 aliphatic heterocycles. The van der Waals surface area contributed by atoms with Gasteiger partial charge in [0.1, 0.15) is 29.5 Å². The van der Waals surface area contributed by atoms with Crippen LogP contribution in [0.15, 0.2) is 36.9 Å². The van der Waals surface area contributed by atoms with Crippen molar-refractivity contribution in [3.63, 3.8) is 0 Å². The number of nitrogen functional groups attached to an aromatic ring is 1. The number of nitrogens with zero attached hydrogens (tertiary/aromatic N) is 4. The number of anilines is 1. The molecule has 0 saturated carbocycles. The molecule has 12 nitrogen and oxygen atoms in total. The molecule has 0 aliphatic carbocycles. The molecule has 0 radical (unpaired) electrons. The summed E-state index contributed by atoms with van der Waals surface area (Å²) in [7, 11) is -3.71. The zero-order chi connectivity index (χ0) is 30.6. The number of carbonyl (C=O) groups excluding carboxylic acids is 1. The largest absolute Gasteiger partial charge is 0.573 e. The van der Waals surface area contributed by atoms with Crippen molar-refractivity contribution in [2.45, 2.75) is 78.2 Å². The molecule has 0 saturated heterocycles. The van der Waals surface area contributed by atoms with Crippen LogP contribution in [-0.4, -0.2) is 55.9 Å². The molecule has 0 fully saturated rings. The van der Waals surface area contributed by atoms with Crippen molar-refractivity contribution in [3.05, 3.63) is 42.5 Å². The van der Waals surface area contributed by atoms with Crippen LogP contribution in [0.4, 0.5) is 19.0 Å². The second kappa shape index (κ2) is 12.7. The Morgan fingerprint density at radius 2 is 1.76 bits per heavy atom. The maximum Gasteiger partial charge on any atom is 0.573 e. The van der Waals surface area contributed by atoms with Crippen molar-refractivity contribution in [3.8, 4) is 5.75 Å². The van der Waals surface area contributed by atoms with E-state index >= 15 is 0 Å². The Balaban J connectivity index is 1.77. The first-order valence-electron chi connectivity index (χ1n) is 12.7. The summed E-state index contributed by atoms with van der Waals surface area (Å²) in [6.45, 7) is 10.2. The van der Waals surface area contributed by atoms with Gasteiger partial charge in [-0.1, -0.05) is 12.1 Å². The molecule has 41 heavy (non-hydrogen) atoms. The van der Waals surface area contributed by atoms with Gasteiger partial charge < -0.3 is 24.5 Å². The lowest BCUT2D eigenvalue weighted by molar-refractivity contribution is -0.274. The number of carbonyl (C=O) groups is 1. The molecule has 0 unspecified atom stereocenters. The summed E-state index contributed by atoms with van der Waals surface area (Å²) in [5.41, 5.74) is 5.96. The molecule has 3 atom stereocenters. The molecular weight excluding hydrogens is 566 g/mol. The number of nitrogens with one attached hydrogen (secondary N) is 2. The predicted molar refractivity (Wildman–Crippen MR) is 146 cm³/mol. The van der Waals surface area contributed by atoms with Gasteiger partial charge in [0.05, 0.1) is 25.1 Å². The zero-order valence-electron chi connectivity index (χ0n) is 23.6. The number of nitrogens with two attached hydrogens (primary N) is 1. The summed E-state index contributed by atoms with van der Waals surface area (Å²) in [5, 5.41) is 5.87. The second-order valence-corrected chi connectivity index (χ2v) is 12.6. The highest BCUT2D eigenvalue weighted by Gasteiger charge is 2.39. The van der Waals surface area contributed by atoms with Crippen LogP contribution in [-0.2, 0) is 25.4 Å². The van der Waals surface area contributed by atoms with Crippen LogP contribution < -0.4 is 20.6 Å². The lowest BCUT2D eigenvalue weighted by Gasteiger charge is -2.33. The Labute approximate surface area is 235 Å². The summed E-state index contributed by atoms with van der Waals surface area (Å²) < 4.78 is 68.8. The molecule has 2 heterocycles. The Bertz CT molecular complexity index is 1380. The van der Waals surface area contributed by atoms with Gasteiger partial charge in [0.2, 0.25) is 7.44 Å². The number of ether oxygens (including phenoxy) is 3. The van der Waals surface area contributed by atoms with Gasteiger partial charge in [0, 0.05) is 6.04 Å². The Kier molecular flexibility index (Phi) is 10.0. The van der Waals surface area contributed by atoms with E-state index in [0.29, 0.717) is 23.3 Å². The Morgan fingerprint density at radius 1 is 1.10 bits per heavy atom. The van der Waals surface area contributed by atoms with Crippen LogP contribution in [0, 0.1) is 0 Å². The minimum Gasteiger partial charge on any atom is -0.462 e. The molecule has 0 spiro atoms. The number of benzene rings is 1. The van der Waals surface area contributed by atoms with Crippen LogP contribution in [0.25, 0.3) is 11.2 Å². The molecule has 2 aromatic heterocycles. The van der Waals surface area contributed by atoms with E-state index in [4.69, 9.17) is 15.2 Å². The van der Waals surface area contributed by atoms with E-state index in [9.17, 15) is 22.5 Å². The van der Waals surface area contributed by atoms with Crippen molar-refractivity contribution in [2.24, 2.45) is 0 Å². The van der Waals surface area contributed by atoms with E-state index in [1.54, 1.807) is 38.6 Å². The molecule has 0 aliphatic rings. The zero-order valence-corrected chi connectivity index (χ0v) is 24.5. The summed E-state index contributed by atoms with van der Waals surface area (Å²) in [6, 6.07) is 4.54. The van der Waals surface area contributed by atoms with Gasteiger partial charge >= 0.3 is 12.3 Å². The first kappa shape index (κ1) is 32.3. The molecule has 1 aromatic carbocycles. The smallest absolute Gasteiger partial charge is 0.462 e. The number of imidazole rings is 1. The molecule has 0 amide bonds. The highest BCUT2D eigenvalue weighted by Crippen LogP contribution is 2.42. The van der Waals surface area contributed by atoms with Gasteiger partial charge in [0.25, 0.3) is 0 Å². The van der Waals surface area contributed by atoms with Crippen molar-refractivity contribution in [2.75, 3.05) is 12.1 Å². The SMILES string of the molecule is CC(C)OC(=O)C(C)(C)N[P@](=O)(CO[C@H](C)Cn1cnc2c(N)ncnc21)N[C@H](C)c1ccc(OC(F)(F)F)cc1. The minimum absolute atomic E-state index is 0.239. The number of alkyl halides is 3. The molecule has 3 aromatic rings. The lowest BCUT2D eigenvalue weighted by Crippen LogP contribution is -2.49. The molecule has 4 N–H and O–H groups in total. The number of hydrogen-bond acceptors (Lipinski definition) is 9. The van der Waals surface area contributed by atoms with Gasteiger partial charge in [-0.15, -0.1) is 13.2 Å². The quantitative estimate of drug-likeness (QED) is 0.187. The fourth-order valence-corrected chi connectivity index (χ4v) is 6.34. The van der Waals surface area contributed by atoms with E-state index in [0.717, 1.165) is 12.1 Å². The second-order valence-electron chi connectivity index (χ2n) is 10.3. The normalized spacial score (nSPS) is 15.5. The van der Waals surface area contributed by atoms with Crippen molar-refractivity contribution in [1.29, 1.82) is 0 Å². The lowest BCUT2D eigenvalue weighted by atomic mass is 10.1. The minimum atomic E-state index is -4.82. The number of aromatic nitrogens is 4. The highest BCUT2D eigenvalue weighted by molar-refractivity contribution is 7.59. The van der Waals surface area contributed by atoms with Crippen molar-refractivity contribution >= 4 is 30.4 Å². The van der Waals surface area contributed by atoms with Gasteiger partial charge in [-0.2, -0.15) is 0 Å². The van der Waals surface area contributed by atoms with Crippen LogP contribution in [0.2, 0.25) is 0 Å². The highest BCUT2D eigenvalue weighted by atomic mass is 31.2. The first-order chi connectivity index (χ1) is 19.0. The van der Waals surface area contributed by atoms with Gasteiger partial charge in [0.15, 0.2) is 11.5 Å². The maximum atomic E-state index is 14.2. The number of fused-ring (bicyclic) bond motifs is 1. The molecule has 226 valence electrons. The standard InChI is InChI=1S/C25H35F3N7O5P/c1-15(2)39-23(36)24(5,6)34-41(37,33-17(4)18-7-9-19(10-8-18)40-25(26,27)28)14-38-16(3)11-35-13-32-20-21(29)30-12-31-22(20)35/h7-10,12-13,15-17H,11,14H2,1-6H3,(H2,29,30,31)(H2,33,34,37)/t16-,17-,41+/m1/s1. The van der Waals surface area contributed by atoms with E-state index in [1.807, 2.05) is 0 Å². The van der Waals surface area contributed by atoms with Crippen molar-refractivity contribution < 1.29 is 36.7 Å². The van der Waals surface area contributed by atoms with Crippen molar-refractivity contribution in [1.82, 2.24) is 29.7 Å².